The van der Waals surface area contributed by atoms with Gasteiger partial charge in [0.15, 0.2) is 0 Å². The number of aromatic nitrogens is 1. The maximum atomic E-state index is 11.5. The number of nitrogens with zero attached hydrogens (tertiary/aromatic N) is 2. The molecule has 0 amide bonds. The lowest BCUT2D eigenvalue weighted by Gasteiger charge is -2.27. The molecular formula is C13H16BrN3O4. The number of anilines is 1. The Morgan fingerprint density at radius 1 is 1.48 bits per heavy atom. The number of hydrogen-bond donors (Lipinski definition) is 1. The summed E-state index contributed by atoms with van der Waals surface area (Å²) in [7, 11) is 1.39. The van der Waals surface area contributed by atoms with E-state index in [1.807, 2.05) is 0 Å². The van der Waals surface area contributed by atoms with Crippen LogP contribution in [-0.2, 0) is 9.53 Å². The molecule has 2 rings (SSSR count). The minimum atomic E-state index is -0.458. The van der Waals surface area contributed by atoms with E-state index >= 15 is 0 Å². The molecule has 8 heteroatoms. The van der Waals surface area contributed by atoms with Crippen molar-refractivity contribution < 1.29 is 14.5 Å². The summed E-state index contributed by atoms with van der Waals surface area (Å²) in [6.07, 6.45) is 4.47. The van der Waals surface area contributed by atoms with E-state index in [1.165, 1.54) is 19.4 Å². The third-order valence-electron chi connectivity index (χ3n) is 3.63. The first-order chi connectivity index (χ1) is 10.0. The molecule has 0 aromatic carbocycles. The Morgan fingerprint density at radius 2 is 2.14 bits per heavy atom. The highest BCUT2D eigenvalue weighted by Crippen LogP contribution is 2.30. The highest BCUT2D eigenvalue weighted by molar-refractivity contribution is 9.10. The lowest BCUT2D eigenvalue weighted by atomic mass is 9.86. The number of nitro groups is 1. The molecule has 7 nitrogen and oxygen atoms in total. The van der Waals surface area contributed by atoms with Crippen LogP contribution in [0.25, 0.3) is 0 Å². The summed E-state index contributed by atoms with van der Waals surface area (Å²) in [5.41, 5.74) is -0.0560. The summed E-state index contributed by atoms with van der Waals surface area (Å²) in [4.78, 5) is 26.1. The number of hydrogen-bond acceptors (Lipinski definition) is 6. The van der Waals surface area contributed by atoms with Crippen molar-refractivity contribution in [3.63, 3.8) is 0 Å². The summed E-state index contributed by atoms with van der Waals surface area (Å²) in [5, 5.41) is 14.1. The molecule has 0 radical (unpaired) electrons. The molecule has 1 fully saturated rings. The number of pyridine rings is 1. The van der Waals surface area contributed by atoms with Crippen molar-refractivity contribution >= 4 is 33.4 Å². The zero-order chi connectivity index (χ0) is 15.4. The Balaban J connectivity index is 2.01. The molecule has 21 heavy (non-hydrogen) atoms. The van der Waals surface area contributed by atoms with E-state index in [0.717, 1.165) is 12.8 Å². The maximum Gasteiger partial charge on any atom is 0.312 e. The third-order valence-corrected chi connectivity index (χ3v) is 4.07. The first kappa shape index (κ1) is 15.7. The Bertz CT molecular complexity index is 544. The molecule has 114 valence electrons. The highest BCUT2D eigenvalue weighted by atomic mass is 79.9. The molecule has 1 aliphatic rings. The number of rotatable bonds is 4. The first-order valence-electron chi connectivity index (χ1n) is 6.65. The van der Waals surface area contributed by atoms with Crippen molar-refractivity contribution in [1.82, 2.24) is 4.98 Å². The van der Waals surface area contributed by atoms with Gasteiger partial charge in [-0.25, -0.2) is 4.98 Å². The van der Waals surface area contributed by atoms with Gasteiger partial charge in [0.2, 0.25) is 5.82 Å². The molecule has 1 heterocycles. The molecule has 0 atom stereocenters. The Morgan fingerprint density at radius 3 is 2.71 bits per heavy atom. The van der Waals surface area contributed by atoms with E-state index in [2.05, 4.69) is 26.2 Å². The largest absolute Gasteiger partial charge is 0.469 e. The van der Waals surface area contributed by atoms with Gasteiger partial charge in [-0.1, -0.05) is 0 Å². The number of nitrogens with one attached hydrogen (secondary N) is 1. The lowest BCUT2D eigenvalue weighted by Crippen LogP contribution is -2.30. The van der Waals surface area contributed by atoms with Crippen molar-refractivity contribution in [2.75, 3.05) is 12.4 Å². The van der Waals surface area contributed by atoms with Crippen molar-refractivity contribution in [1.29, 1.82) is 0 Å². The van der Waals surface area contributed by atoms with Crippen LogP contribution in [0.4, 0.5) is 11.5 Å². The van der Waals surface area contributed by atoms with Crippen LogP contribution in [0.1, 0.15) is 25.7 Å². The number of esters is 1. The van der Waals surface area contributed by atoms with Gasteiger partial charge >= 0.3 is 11.7 Å². The number of halogens is 1. The number of methoxy groups -OCH3 is 1. The van der Waals surface area contributed by atoms with Gasteiger partial charge in [0.05, 0.1) is 18.0 Å². The predicted molar refractivity (Wildman–Crippen MR) is 80.0 cm³/mol. The number of ether oxygens (including phenoxy) is 1. The normalized spacial score (nSPS) is 21.6. The summed E-state index contributed by atoms with van der Waals surface area (Å²) in [6, 6.07) is 1.51. The monoisotopic (exact) mass is 357 g/mol. The molecule has 1 N–H and O–H groups in total. The number of carbonyl (C=O) groups excluding carboxylic acids is 1. The van der Waals surface area contributed by atoms with Gasteiger partial charge in [-0.3, -0.25) is 14.9 Å². The molecule has 0 bridgehead atoms. The minimum absolute atomic E-state index is 0.0560. The second-order valence-electron chi connectivity index (χ2n) is 4.99. The van der Waals surface area contributed by atoms with Gasteiger partial charge in [-0.15, -0.1) is 0 Å². The SMILES string of the molecule is COC(=O)C1CCC(Nc2ncc(Br)cc2[N+](=O)[O-])CC1. The van der Waals surface area contributed by atoms with Crippen LogP contribution in [0.3, 0.4) is 0 Å². The van der Waals surface area contributed by atoms with Gasteiger partial charge in [0, 0.05) is 22.8 Å². The second kappa shape index (κ2) is 6.84. The zero-order valence-corrected chi connectivity index (χ0v) is 13.1. The van der Waals surface area contributed by atoms with Gasteiger partial charge < -0.3 is 10.1 Å². The van der Waals surface area contributed by atoms with Crippen LogP contribution in [0, 0.1) is 16.0 Å². The van der Waals surface area contributed by atoms with Crippen LogP contribution in [0.15, 0.2) is 16.7 Å². The topological polar surface area (TPSA) is 94.4 Å². The van der Waals surface area contributed by atoms with E-state index in [9.17, 15) is 14.9 Å². The van der Waals surface area contributed by atoms with Crippen molar-refractivity contribution in [2.45, 2.75) is 31.7 Å². The zero-order valence-electron chi connectivity index (χ0n) is 11.5. The van der Waals surface area contributed by atoms with Crippen molar-refractivity contribution in [3.05, 3.63) is 26.9 Å². The minimum Gasteiger partial charge on any atom is -0.469 e. The van der Waals surface area contributed by atoms with Gasteiger partial charge in [0.1, 0.15) is 0 Å². The van der Waals surface area contributed by atoms with E-state index in [-0.39, 0.29) is 29.4 Å². The van der Waals surface area contributed by atoms with Gasteiger partial charge in [0.25, 0.3) is 0 Å². The summed E-state index contributed by atoms with van der Waals surface area (Å²) < 4.78 is 5.30. The van der Waals surface area contributed by atoms with E-state index in [4.69, 9.17) is 4.74 Å². The Kier molecular flexibility index (Phi) is 5.11. The maximum absolute atomic E-state index is 11.5. The second-order valence-corrected chi connectivity index (χ2v) is 5.91. The molecule has 0 saturated heterocycles. The molecule has 0 spiro atoms. The Labute approximate surface area is 130 Å². The summed E-state index contributed by atoms with van der Waals surface area (Å²) in [5.74, 6) is 0.0202. The molecular weight excluding hydrogens is 342 g/mol. The quantitative estimate of drug-likeness (QED) is 0.505. The van der Waals surface area contributed by atoms with E-state index in [0.29, 0.717) is 17.3 Å². The van der Waals surface area contributed by atoms with Crippen LogP contribution >= 0.6 is 15.9 Å². The molecule has 1 aliphatic carbocycles. The summed E-state index contributed by atoms with van der Waals surface area (Å²) in [6.45, 7) is 0. The fraction of sp³-hybridized carbons (Fsp3) is 0.538. The smallest absolute Gasteiger partial charge is 0.312 e. The standard InChI is InChI=1S/C13H16BrN3O4/c1-21-13(18)8-2-4-10(5-3-8)16-12-11(17(19)20)6-9(14)7-15-12/h6-8,10H,2-5H2,1H3,(H,15,16). The van der Waals surface area contributed by atoms with Gasteiger partial charge in [-0.05, 0) is 41.6 Å². The van der Waals surface area contributed by atoms with Crippen molar-refractivity contribution in [2.24, 2.45) is 5.92 Å². The van der Waals surface area contributed by atoms with Crippen LogP contribution in [0.2, 0.25) is 0 Å². The van der Waals surface area contributed by atoms with Crippen LogP contribution in [0.5, 0.6) is 0 Å². The molecule has 1 aromatic rings. The highest BCUT2D eigenvalue weighted by Gasteiger charge is 2.28. The average molecular weight is 358 g/mol. The Hall–Kier alpha value is -1.70. The predicted octanol–water partition coefficient (Wildman–Crippen LogP) is 2.90. The molecule has 0 unspecified atom stereocenters. The van der Waals surface area contributed by atoms with Crippen LogP contribution < -0.4 is 5.32 Å². The first-order valence-corrected chi connectivity index (χ1v) is 7.45. The van der Waals surface area contributed by atoms with Crippen molar-refractivity contribution in [3.8, 4) is 0 Å². The van der Waals surface area contributed by atoms with Gasteiger partial charge in [-0.2, -0.15) is 0 Å². The summed E-state index contributed by atoms with van der Waals surface area (Å²) >= 11 is 3.18. The van der Waals surface area contributed by atoms with Crippen LogP contribution in [-0.4, -0.2) is 29.0 Å². The fourth-order valence-corrected chi connectivity index (χ4v) is 2.83. The number of carbonyl (C=O) groups is 1. The third kappa shape index (κ3) is 3.90. The molecule has 0 aliphatic heterocycles. The van der Waals surface area contributed by atoms with E-state index in [1.54, 1.807) is 0 Å². The lowest BCUT2D eigenvalue weighted by molar-refractivity contribution is -0.384. The average Bonchev–Trinajstić information content (AvgIpc) is 2.49. The molecule has 1 aromatic heterocycles. The molecule has 1 saturated carbocycles. The fourth-order valence-electron chi connectivity index (χ4n) is 2.51. The van der Waals surface area contributed by atoms with E-state index < -0.39 is 4.92 Å².